The van der Waals surface area contributed by atoms with Crippen LogP contribution in [0.25, 0.3) is 0 Å². The van der Waals surface area contributed by atoms with E-state index >= 15 is 0 Å². The number of thioether (sulfide) groups is 1. The Labute approximate surface area is 183 Å². The standard InChI is InChI=1S/C23H33N3O3S/c1-29-20-8-6-19(7-9-20)22(27)25-12-10-24(11-13-25)21(18-4-2-3-5-18)23(28)26-14-16-30-17-15-26/h6-9,18,21H,2-5,10-17H2,1H3/t21-/m1/s1. The minimum absolute atomic E-state index is 0.00571. The number of ether oxygens (including phenoxy) is 1. The Morgan fingerprint density at radius 1 is 0.933 bits per heavy atom. The van der Waals surface area contributed by atoms with Crippen LogP contribution < -0.4 is 4.74 Å². The zero-order valence-corrected chi connectivity index (χ0v) is 18.7. The van der Waals surface area contributed by atoms with Gasteiger partial charge in [0.05, 0.1) is 13.2 Å². The quantitative estimate of drug-likeness (QED) is 0.717. The van der Waals surface area contributed by atoms with Gasteiger partial charge in [-0.1, -0.05) is 12.8 Å². The minimum Gasteiger partial charge on any atom is -0.497 e. The zero-order chi connectivity index (χ0) is 20.9. The first-order valence-corrected chi connectivity index (χ1v) is 12.4. The molecular formula is C23H33N3O3S. The van der Waals surface area contributed by atoms with Gasteiger partial charge in [0.1, 0.15) is 5.75 Å². The van der Waals surface area contributed by atoms with Gasteiger partial charge in [0.2, 0.25) is 5.91 Å². The predicted molar refractivity (Wildman–Crippen MR) is 120 cm³/mol. The fraction of sp³-hybridized carbons (Fsp3) is 0.652. The molecule has 6 nitrogen and oxygen atoms in total. The molecule has 2 amide bonds. The summed E-state index contributed by atoms with van der Waals surface area (Å²) in [4.78, 5) is 32.8. The molecule has 0 radical (unpaired) electrons. The lowest BCUT2D eigenvalue weighted by Crippen LogP contribution is -2.59. The van der Waals surface area contributed by atoms with Crippen molar-refractivity contribution in [2.75, 3.05) is 57.9 Å². The van der Waals surface area contributed by atoms with E-state index in [1.165, 1.54) is 12.8 Å². The second kappa shape index (κ2) is 10.1. The van der Waals surface area contributed by atoms with Crippen LogP contribution in [0.15, 0.2) is 24.3 Å². The fourth-order valence-electron chi connectivity index (χ4n) is 5.02. The predicted octanol–water partition coefficient (Wildman–Crippen LogP) is 2.59. The molecule has 30 heavy (non-hydrogen) atoms. The Hall–Kier alpha value is -1.73. The smallest absolute Gasteiger partial charge is 0.253 e. The first-order valence-electron chi connectivity index (χ1n) is 11.2. The summed E-state index contributed by atoms with van der Waals surface area (Å²) in [6, 6.07) is 7.30. The van der Waals surface area contributed by atoms with Gasteiger partial charge in [0, 0.05) is 56.3 Å². The van der Waals surface area contributed by atoms with E-state index in [4.69, 9.17) is 4.74 Å². The molecule has 1 aliphatic carbocycles. The van der Waals surface area contributed by atoms with E-state index in [0.717, 1.165) is 56.3 Å². The van der Waals surface area contributed by atoms with Crippen molar-refractivity contribution in [3.8, 4) is 5.75 Å². The van der Waals surface area contributed by atoms with Gasteiger partial charge in [-0.25, -0.2) is 0 Å². The molecule has 7 heteroatoms. The van der Waals surface area contributed by atoms with E-state index < -0.39 is 0 Å². The van der Waals surface area contributed by atoms with Gasteiger partial charge in [0.15, 0.2) is 0 Å². The molecule has 0 spiro atoms. The molecule has 3 aliphatic rings. The van der Waals surface area contributed by atoms with Crippen molar-refractivity contribution in [1.29, 1.82) is 0 Å². The van der Waals surface area contributed by atoms with Crippen LogP contribution in [0.5, 0.6) is 5.75 Å². The molecule has 4 rings (SSSR count). The molecule has 0 bridgehead atoms. The molecule has 3 fully saturated rings. The van der Waals surface area contributed by atoms with Gasteiger partial charge in [0.25, 0.3) is 5.91 Å². The molecule has 2 saturated heterocycles. The lowest BCUT2D eigenvalue weighted by molar-refractivity contribution is -0.139. The van der Waals surface area contributed by atoms with E-state index in [9.17, 15) is 9.59 Å². The summed E-state index contributed by atoms with van der Waals surface area (Å²) in [5, 5.41) is 0. The molecule has 1 aromatic rings. The molecular weight excluding hydrogens is 398 g/mol. The van der Waals surface area contributed by atoms with Crippen LogP contribution in [0.3, 0.4) is 0 Å². The van der Waals surface area contributed by atoms with Crippen molar-refractivity contribution in [3.63, 3.8) is 0 Å². The van der Waals surface area contributed by atoms with Gasteiger partial charge in [-0.05, 0) is 43.0 Å². The summed E-state index contributed by atoms with van der Waals surface area (Å²) in [5.74, 6) is 3.72. The summed E-state index contributed by atoms with van der Waals surface area (Å²) in [7, 11) is 1.63. The van der Waals surface area contributed by atoms with Crippen LogP contribution in [0.1, 0.15) is 36.0 Å². The number of carbonyl (C=O) groups is 2. The maximum Gasteiger partial charge on any atom is 0.253 e. The maximum atomic E-state index is 13.5. The van der Waals surface area contributed by atoms with E-state index in [1.807, 2.05) is 40.9 Å². The number of amides is 2. The Morgan fingerprint density at radius 2 is 1.57 bits per heavy atom. The third-order valence-corrected chi connectivity index (χ3v) is 7.70. The normalized spacial score (nSPS) is 22.2. The first-order chi connectivity index (χ1) is 14.7. The summed E-state index contributed by atoms with van der Waals surface area (Å²) < 4.78 is 5.19. The monoisotopic (exact) mass is 431 g/mol. The molecule has 164 valence electrons. The summed E-state index contributed by atoms with van der Waals surface area (Å²) in [6.07, 6.45) is 4.79. The molecule has 2 aliphatic heterocycles. The Kier molecular flexibility index (Phi) is 7.20. The highest BCUT2D eigenvalue weighted by Crippen LogP contribution is 2.32. The molecule has 1 aromatic carbocycles. The summed E-state index contributed by atoms with van der Waals surface area (Å²) >= 11 is 1.94. The van der Waals surface area contributed by atoms with Gasteiger partial charge >= 0.3 is 0 Å². The fourth-order valence-corrected chi connectivity index (χ4v) is 5.92. The first kappa shape index (κ1) is 21.5. The minimum atomic E-state index is -0.00571. The lowest BCUT2D eigenvalue weighted by atomic mass is 9.94. The van der Waals surface area contributed by atoms with E-state index in [2.05, 4.69) is 9.80 Å². The highest BCUT2D eigenvalue weighted by atomic mass is 32.2. The van der Waals surface area contributed by atoms with E-state index in [-0.39, 0.29) is 11.9 Å². The molecule has 1 saturated carbocycles. The van der Waals surface area contributed by atoms with Crippen molar-refractivity contribution in [3.05, 3.63) is 29.8 Å². The van der Waals surface area contributed by atoms with Crippen LogP contribution >= 0.6 is 11.8 Å². The number of rotatable bonds is 5. The second-order valence-corrected chi connectivity index (χ2v) is 9.71. The average molecular weight is 432 g/mol. The van der Waals surface area contributed by atoms with Gasteiger partial charge in [-0.15, -0.1) is 0 Å². The van der Waals surface area contributed by atoms with Gasteiger partial charge in [-0.3, -0.25) is 14.5 Å². The topological polar surface area (TPSA) is 53.1 Å². The van der Waals surface area contributed by atoms with Crippen LogP contribution in [0, 0.1) is 5.92 Å². The summed E-state index contributed by atoms with van der Waals surface area (Å²) in [6.45, 7) is 4.66. The van der Waals surface area contributed by atoms with Crippen LogP contribution in [0.4, 0.5) is 0 Å². The number of piperazine rings is 1. The largest absolute Gasteiger partial charge is 0.497 e. The maximum absolute atomic E-state index is 13.5. The highest BCUT2D eigenvalue weighted by molar-refractivity contribution is 7.99. The average Bonchev–Trinajstić information content (AvgIpc) is 3.34. The van der Waals surface area contributed by atoms with Gasteiger partial charge < -0.3 is 14.5 Å². The van der Waals surface area contributed by atoms with Crippen molar-refractivity contribution < 1.29 is 14.3 Å². The molecule has 1 atom stereocenters. The SMILES string of the molecule is COc1ccc(C(=O)N2CCN([C@@H](C(=O)N3CCSCC3)C3CCCC3)CC2)cc1. The number of hydrogen-bond acceptors (Lipinski definition) is 5. The molecule has 0 aromatic heterocycles. The Balaban J connectivity index is 1.40. The lowest BCUT2D eigenvalue weighted by Gasteiger charge is -2.43. The molecule has 2 heterocycles. The second-order valence-electron chi connectivity index (χ2n) is 8.48. The number of nitrogens with zero attached hydrogens (tertiary/aromatic N) is 3. The van der Waals surface area contributed by atoms with Crippen LogP contribution in [0.2, 0.25) is 0 Å². The highest BCUT2D eigenvalue weighted by Gasteiger charge is 2.39. The van der Waals surface area contributed by atoms with E-state index in [0.29, 0.717) is 30.5 Å². The van der Waals surface area contributed by atoms with Gasteiger partial charge in [-0.2, -0.15) is 11.8 Å². The Bertz CT molecular complexity index is 722. The number of benzene rings is 1. The zero-order valence-electron chi connectivity index (χ0n) is 17.9. The molecule has 0 N–H and O–H groups in total. The van der Waals surface area contributed by atoms with Crippen molar-refractivity contribution in [2.24, 2.45) is 5.92 Å². The van der Waals surface area contributed by atoms with E-state index in [1.54, 1.807) is 7.11 Å². The van der Waals surface area contributed by atoms with Crippen LogP contribution in [-0.4, -0.2) is 90.4 Å². The van der Waals surface area contributed by atoms with Crippen LogP contribution in [-0.2, 0) is 4.79 Å². The number of methoxy groups -OCH3 is 1. The molecule has 0 unspecified atom stereocenters. The third kappa shape index (κ3) is 4.78. The third-order valence-electron chi connectivity index (χ3n) is 6.75. The van der Waals surface area contributed by atoms with Crippen molar-refractivity contribution in [2.45, 2.75) is 31.7 Å². The number of carbonyl (C=O) groups excluding carboxylic acids is 2. The Morgan fingerprint density at radius 3 is 2.17 bits per heavy atom. The summed E-state index contributed by atoms with van der Waals surface area (Å²) in [5.41, 5.74) is 0.693. The number of hydrogen-bond donors (Lipinski definition) is 0. The van der Waals surface area contributed by atoms with Crippen molar-refractivity contribution in [1.82, 2.24) is 14.7 Å². The van der Waals surface area contributed by atoms with Crippen molar-refractivity contribution >= 4 is 23.6 Å².